The maximum atomic E-state index is 12.5. The molecule has 0 fully saturated rings. The van der Waals surface area contributed by atoms with Gasteiger partial charge in [-0.25, -0.2) is 14.4 Å². The van der Waals surface area contributed by atoms with Crippen LogP contribution in [0.1, 0.15) is 31.9 Å². The van der Waals surface area contributed by atoms with E-state index >= 15 is 0 Å². The number of benzene rings is 4. The maximum absolute atomic E-state index is 12.5. The standard InChI is InChI=1S/C38H30O6/c1-24(2)36(39)42-32-18-9-27(10-19-32)7-8-28-11-22-34(35(23-28)44-38(41)26(5)6)31-14-12-29(13-15-31)30-16-20-33(21-17-30)43-37(40)25(3)4/h9-23H,1,3,5H2,2,4,6H3. The molecule has 0 aromatic heterocycles. The number of carbonyl (C=O) groups excluding carboxylic acids is 3. The summed E-state index contributed by atoms with van der Waals surface area (Å²) in [4.78, 5) is 36.0. The van der Waals surface area contributed by atoms with E-state index in [2.05, 4.69) is 31.6 Å². The third-order valence-electron chi connectivity index (χ3n) is 6.24. The van der Waals surface area contributed by atoms with Crippen molar-refractivity contribution in [3.8, 4) is 51.3 Å². The quantitative estimate of drug-likeness (QED) is 0.0911. The second kappa shape index (κ2) is 13.8. The largest absolute Gasteiger partial charge is 0.423 e. The zero-order chi connectivity index (χ0) is 31.8. The Morgan fingerprint density at radius 3 is 1.39 bits per heavy atom. The van der Waals surface area contributed by atoms with Crippen molar-refractivity contribution in [1.82, 2.24) is 0 Å². The van der Waals surface area contributed by atoms with Gasteiger partial charge in [0, 0.05) is 33.4 Å². The molecule has 0 atom stereocenters. The highest BCUT2D eigenvalue weighted by Gasteiger charge is 2.13. The Labute approximate surface area is 256 Å². The molecule has 0 heterocycles. The van der Waals surface area contributed by atoms with E-state index in [9.17, 15) is 14.4 Å². The predicted octanol–water partition coefficient (Wildman–Crippen LogP) is 7.86. The van der Waals surface area contributed by atoms with Crippen LogP contribution in [0.4, 0.5) is 0 Å². The van der Waals surface area contributed by atoms with Gasteiger partial charge in [0.1, 0.15) is 17.2 Å². The first-order valence-corrected chi connectivity index (χ1v) is 13.6. The second-order valence-corrected chi connectivity index (χ2v) is 10.1. The summed E-state index contributed by atoms with van der Waals surface area (Å²) in [5.41, 5.74) is 5.70. The Morgan fingerprint density at radius 2 is 0.886 bits per heavy atom. The molecule has 0 amide bonds. The molecule has 0 N–H and O–H groups in total. The van der Waals surface area contributed by atoms with Gasteiger partial charge in [-0.3, -0.25) is 0 Å². The van der Waals surface area contributed by atoms with Crippen molar-refractivity contribution in [2.45, 2.75) is 20.8 Å². The van der Waals surface area contributed by atoms with Crippen molar-refractivity contribution < 1.29 is 28.6 Å². The second-order valence-electron chi connectivity index (χ2n) is 10.1. The summed E-state index contributed by atoms with van der Waals surface area (Å²) in [6.07, 6.45) is 0. The monoisotopic (exact) mass is 582 g/mol. The van der Waals surface area contributed by atoms with Gasteiger partial charge in [-0.15, -0.1) is 0 Å². The molecule has 0 bridgehead atoms. The molecule has 0 radical (unpaired) electrons. The molecule has 218 valence electrons. The molecule has 4 aromatic rings. The predicted molar refractivity (Wildman–Crippen MR) is 171 cm³/mol. The van der Waals surface area contributed by atoms with E-state index < -0.39 is 17.9 Å². The summed E-state index contributed by atoms with van der Waals surface area (Å²) in [6, 6.07) is 27.2. The lowest BCUT2D eigenvalue weighted by atomic mass is 9.98. The normalized spacial score (nSPS) is 10.1. The van der Waals surface area contributed by atoms with Crippen molar-refractivity contribution in [1.29, 1.82) is 0 Å². The lowest BCUT2D eigenvalue weighted by Gasteiger charge is -2.12. The molecular formula is C38H30O6. The minimum atomic E-state index is -0.541. The van der Waals surface area contributed by atoms with Gasteiger partial charge in [-0.1, -0.05) is 68.0 Å². The molecule has 0 unspecified atom stereocenters. The molecule has 4 aromatic carbocycles. The van der Waals surface area contributed by atoms with Crippen LogP contribution in [0.15, 0.2) is 127 Å². The zero-order valence-electron chi connectivity index (χ0n) is 24.7. The fourth-order valence-corrected chi connectivity index (χ4v) is 3.81. The fourth-order valence-electron chi connectivity index (χ4n) is 3.81. The summed E-state index contributed by atoms with van der Waals surface area (Å²) >= 11 is 0. The van der Waals surface area contributed by atoms with E-state index in [1.807, 2.05) is 48.5 Å². The lowest BCUT2D eigenvalue weighted by Crippen LogP contribution is -2.09. The Hall–Kier alpha value is -5.93. The maximum Gasteiger partial charge on any atom is 0.338 e. The van der Waals surface area contributed by atoms with Crippen LogP contribution in [-0.4, -0.2) is 17.9 Å². The SMILES string of the molecule is C=C(C)C(=O)Oc1ccc(C#Cc2ccc(-c3ccc(-c4ccc(OC(=O)C(=C)C)cc4)cc3)c(OC(=O)C(=C)C)c2)cc1. The average Bonchev–Trinajstić information content (AvgIpc) is 3.01. The van der Waals surface area contributed by atoms with E-state index in [0.29, 0.717) is 45.1 Å². The lowest BCUT2D eigenvalue weighted by molar-refractivity contribution is -0.130. The Bertz CT molecular complexity index is 1830. The van der Waals surface area contributed by atoms with Gasteiger partial charge in [0.25, 0.3) is 0 Å². The van der Waals surface area contributed by atoms with Crippen molar-refractivity contribution in [3.63, 3.8) is 0 Å². The van der Waals surface area contributed by atoms with E-state index in [0.717, 1.165) is 16.7 Å². The minimum Gasteiger partial charge on any atom is -0.423 e. The van der Waals surface area contributed by atoms with Crippen molar-refractivity contribution in [3.05, 3.63) is 139 Å². The number of hydrogen-bond donors (Lipinski definition) is 0. The van der Waals surface area contributed by atoms with Crippen molar-refractivity contribution >= 4 is 17.9 Å². The number of hydrogen-bond acceptors (Lipinski definition) is 6. The van der Waals surface area contributed by atoms with Crippen molar-refractivity contribution in [2.24, 2.45) is 0 Å². The first-order chi connectivity index (χ1) is 21.0. The fraction of sp³-hybridized carbons (Fsp3) is 0.0789. The van der Waals surface area contributed by atoms with Crippen LogP contribution in [0, 0.1) is 11.8 Å². The van der Waals surface area contributed by atoms with Crippen LogP contribution in [0.3, 0.4) is 0 Å². The van der Waals surface area contributed by atoms with Gasteiger partial charge in [0.05, 0.1) is 0 Å². The third-order valence-corrected chi connectivity index (χ3v) is 6.24. The zero-order valence-corrected chi connectivity index (χ0v) is 24.7. The Morgan fingerprint density at radius 1 is 0.500 bits per heavy atom. The van der Waals surface area contributed by atoms with Gasteiger partial charge in [0.2, 0.25) is 0 Å². The van der Waals surface area contributed by atoms with Crippen LogP contribution in [0.2, 0.25) is 0 Å². The molecule has 0 saturated carbocycles. The molecule has 0 aliphatic heterocycles. The Balaban J connectivity index is 1.57. The van der Waals surface area contributed by atoms with Crippen molar-refractivity contribution in [2.75, 3.05) is 0 Å². The highest BCUT2D eigenvalue weighted by molar-refractivity contribution is 5.91. The number of esters is 3. The van der Waals surface area contributed by atoms with Gasteiger partial charge < -0.3 is 14.2 Å². The highest BCUT2D eigenvalue weighted by Crippen LogP contribution is 2.33. The average molecular weight is 583 g/mol. The minimum absolute atomic E-state index is 0.271. The summed E-state index contributed by atoms with van der Waals surface area (Å²) in [5, 5.41) is 0. The third kappa shape index (κ3) is 8.09. The molecule has 6 heteroatoms. The number of rotatable bonds is 8. The molecular weight excluding hydrogens is 552 g/mol. The summed E-state index contributed by atoms with van der Waals surface area (Å²) in [7, 11) is 0. The summed E-state index contributed by atoms with van der Waals surface area (Å²) in [5.74, 6) is 5.84. The first kappa shape index (κ1) is 31.0. The molecule has 4 rings (SSSR count). The van der Waals surface area contributed by atoms with E-state index in [1.54, 1.807) is 63.2 Å². The topological polar surface area (TPSA) is 78.9 Å². The number of carbonyl (C=O) groups is 3. The summed E-state index contributed by atoms with van der Waals surface area (Å²) in [6.45, 7) is 15.6. The van der Waals surface area contributed by atoms with Gasteiger partial charge in [-0.05, 0) is 92.1 Å². The van der Waals surface area contributed by atoms with E-state index in [4.69, 9.17) is 14.2 Å². The molecule has 6 nitrogen and oxygen atoms in total. The first-order valence-electron chi connectivity index (χ1n) is 13.6. The van der Waals surface area contributed by atoms with E-state index in [1.165, 1.54) is 0 Å². The molecule has 0 aliphatic carbocycles. The Kier molecular flexibility index (Phi) is 9.74. The van der Waals surface area contributed by atoms with E-state index in [-0.39, 0.29) is 5.57 Å². The van der Waals surface area contributed by atoms with Gasteiger partial charge in [0.15, 0.2) is 0 Å². The van der Waals surface area contributed by atoms with Crippen LogP contribution in [-0.2, 0) is 14.4 Å². The van der Waals surface area contributed by atoms with Gasteiger partial charge >= 0.3 is 17.9 Å². The van der Waals surface area contributed by atoms with Crippen LogP contribution >= 0.6 is 0 Å². The smallest absolute Gasteiger partial charge is 0.338 e. The molecule has 0 aliphatic rings. The summed E-state index contributed by atoms with van der Waals surface area (Å²) < 4.78 is 16.2. The van der Waals surface area contributed by atoms with Crippen LogP contribution < -0.4 is 14.2 Å². The molecule has 0 saturated heterocycles. The number of ether oxygens (including phenoxy) is 3. The highest BCUT2D eigenvalue weighted by atomic mass is 16.5. The van der Waals surface area contributed by atoms with Crippen LogP contribution in [0.25, 0.3) is 22.3 Å². The molecule has 0 spiro atoms. The van der Waals surface area contributed by atoms with Gasteiger partial charge in [-0.2, -0.15) is 0 Å². The van der Waals surface area contributed by atoms with Crippen LogP contribution in [0.5, 0.6) is 17.2 Å². The molecule has 44 heavy (non-hydrogen) atoms.